The first-order valence-corrected chi connectivity index (χ1v) is 33.0. The molecule has 2 unspecified atom stereocenters. The molecule has 13 aromatic carbocycles. The Bertz CT molecular complexity index is 4540. The molecule has 1 heterocycles. The molecule has 1 aliphatic carbocycles. The summed E-state index contributed by atoms with van der Waals surface area (Å²) in [5.74, 6) is -12.9. The second-order valence-corrected chi connectivity index (χ2v) is 23.4. The van der Waals surface area contributed by atoms with E-state index in [2.05, 4.69) is 0 Å². The quantitative estimate of drug-likeness (QED) is 0.0478. The van der Waals surface area contributed by atoms with Crippen LogP contribution < -0.4 is 61.7 Å². The number of piperidine rings is 1. The van der Waals surface area contributed by atoms with Crippen LogP contribution in [0.15, 0.2) is 406 Å². The smallest absolute Gasteiger partial charge is 0.460 e. The lowest BCUT2D eigenvalue weighted by Gasteiger charge is -2.69. The number of fused-ring (bicyclic) bond motifs is 1. The van der Waals surface area contributed by atoms with Crippen LogP contribution in [0.3, 0.4) is 0 Å². The van der Waals surface area contributed by atoms with Crippen molar-refractivity contribution in [2.45, 2.75) is 40.8 Å². The molecule has 2 atom stereocenters. The van der Waals surface area contributed by atoms with Gasteiger partial charge in [-0.05, 0) is 164 Å². The molecule has 1 aliphatic heterocycles. The van der Waals surface area contributed by atoms with Gasteiger partial charge in [0.05, 0.1) is 0 Å². The van der Waals surface area contributed by atoms with Crippen LogP contribution in [-0.4, -0.2) is 45.8 Å². The summed E-state index contributed by atoms with van der Waals surface area (Å²) in [7, 11) is 0. The third-order valence-electron chi connectivity index (χ3n) is 16.8. The van der Waals surface area contributed by atoms with Gasteiger partial charge in [-0.3, -0.25) is 0 Å². The fraction of sp³-hybridized carbons (Fsp3) is 0.0805. The van der Waals surface area contributed by atoms with Crippen LogP contribution >= 0.6 is 0 Å². The summed E-state index contributed by atoms with van der Waals surface area (Å²) in [6.07, 6.45) is 0.0484. The zero-order valence-corrected chi connectivity index (χ0v) is 54.4. The largest absolute Gasteiger partial charge is 0.478 e. The van der Waals surface area contributed by atoms with Crippen LogP contribution in [0.25, 0.3) is 0 Å². The molecule has 14 heteroatoms. The Labute approximate surface area is 585 Å². The molecule has 0 radical (unpaired) electrons. The number of para-hydroxylation sites is 13. The lowest BCUT2D eigenvalue weighted by atomic mass is 9.63. The van der Waals surface area contributed by atoms with E-state index in [0.717, 1.165) is 0 Å². The molecule has 0 amide bonds. The Balaban J connectivity index is 1.28. The van der Waals surface area contributed by atoms with Crippen molar-refractivity contribution in [1.29, 1.82) is 0 Å². The van der Waals surface area contributed by atoms with E-state index in [4.69, 9.17) is 61.7 Å². The van der Waals surface area contributed by atoms with Gasteiger partial charge in [0.15, 0.2) is 5.75 Å². The van der Waals surface area contributed by atoms with Gasteiger partial charge in [-0.25, -0.2) is 0 Å². The molecule has 0 spiro atoms. The van der Waals surface area contributed by atoms with Gasteiger partial charge < -0.3 is 61.7 Å². The average Bonchev–Trinajstić information content (AvgIpc) is 0.629. The molecule has 2 aliphatic rings. The number of ether oxygens (including phenoxy) is 12. The van der Waals surface area contributed by atoms with Crippen molar-refractivity contribution in [3.05, 3.63) is 406 Å². The van der Waals surface area contributed by atoms with Crippen molar-refractivity contribution in [3.8, 4) is 74.7 Å². The van der Waals surface area contributed by atoms with E-state index in [1.807, 2.05) is 249 Å². The first-order valence-electron chi connectivity index (χ1n) is 33.0. The molecule has 15 rings (SSSR count). The van der Waals surface area contributed by atoms with Gasteiger partial charge >= 0.3 is 34.7 Å². The highest BCUT2D eigenvalue weighted by Crippen LogP contribution is 2.68. The Hall–Kier alpha value is -13.2. The fourth-order valence-corrected chi connectivity index (χ4v) is 12.6. The van der Waals surface area contributed by atoms with Gasteiger partial charge in [0, 0.05) is 0 Å². The maximum absolute atomic E-state index is 8.71. The number of nitrogens with zero attached hydrogens (tertiary/aromatic N) is 1. The normalized spacial score (nSPS) is 17.1. The highest BCUT2D eigenvalue weighted by molar-refractivity contribution is 5.53. The van der Waals surface area contributed by atoms with Crippen molar-refractivity contribution in [3.63, 3.8) is 0 Å². The lowest BCUT2D eigenvalue weighted by Crippen LogP contribution is -3.02. The highest BCUT2D eigenvalue weighted by Gasteiger charge is 3.03. The van der Waals surface area contributed by atoms with E-state index >= 15 is 0 Å². The average molecular weight is 1330 g/mol. The molecule has 498 valence electrons. The standard InChI is InChI=1S/C87H67NO13/c1-14-40-67(41-15-1)89-81-66-80-82(90-68-42-16-2-17-43-68,84(93-71-48-22-5-23-49-71,94-72-50-24-6-25-51-72)83(81,91-69-44-18-3-19-45-69)92-70-46-20-4-21-47-70)85(95-73-52-26-7-27-53-73,96-74-54-28-8-29-55-74)86(97-75-56-30-9-31-57-75,98-76-58-32-10-33-59-76)87(99-77-60-34-11-35-61-77,100-78-62-36-12-37-63-78)88(80)101-79-64-38-13-39-65-79/h1-66,81H. The summed E-state index contributed by atoms with van der Waals surface area (Å²) in [5, 5.41) is 1.41. The molecule has 1 fully saturated rings. The molecule has 0 aromatic heterocycles. The summed E-state index contributed by atoms with van der Waals surface area (Å²) in [6, 6.07) is 118. The minimum atomic E-state index is -3.22. The van der Waals surface area contributed by atoms with E-state index < -0.39 is 40.8 Å². The van der Waals surface area contributed by atoms with E-state index in [1.54, 1.807) is 152 Å². The van der Waals surface area contributed by atoms with Crippen molar-refractivity contribution < 1.29 is 61.7 Å². The number of rotatable bonds is 26. The molecular weight excluding hydrogens is 1270 g/mol. The first kappa shape index (κ1) is 63.8. The highest BCUT2D eigenvalue weighted by atomic mass is 16.9. The number of hydrogen-bond donors (Lipinski definition) is 0. The van der Waals surface area contributed by atoms with E-state index in [0.29, 0.717) is 5.75 Å². The van der Waals surface area contributed by atoms with Gasteiger partial charge in [0.2, 0.25) is 6.10 Å². The summed E-state index contributed by atoms with van der Waals surface area (Å²) < 4.78 is 100. The fourth-order valence-electron chi connectivity index (χ4n) is 12.6. The lowest BCUT2D eigenvalue weighted by molar-refractivity contribution is -0.530. The molecule has 13 aromatic rings. The minimum Gasteiger partial charge on any atom is -0.478 e. The minimum absolute atomic E-state index is 0.122. The van der Waals surface area contributed by atoms with Crippen LogP contribution in [0, 0.1) is 0 Å². The second-order valence-electron chi connectivity index (χ2n) is 23.4. The van der Waals surface area contributed by atoms with Crippen molar-refractivity contribution >= 4 is 0 Å². The van der Waals surface area contributed by atoms with Gasteiger partial charge in [-0.15, -0.1) is 5.06 Å². The number of hydroxylamine groups is 2. The van der Waals surface area contributed by atoms with Gasteiger partial charge in [0.1, 0.15) is 74.7 Å². The first-order chi connectivity index (χ1) is 49.9. The maximum atomic E-state index is 8.71. The maximum Gasteiger partial charge on any atom is 0.460 e. The molecule has 0 saturated carbocycles. The predicted molar refractivity (Wildman–Crippen MR) is 382 cm³/mol. The van der Waals surface area contributed by atoms with Gasteiger partial charge in [-0.1, -0.05) is 237 Å². The molecule has 0 N–H and O–H groups in total. The van der Waals surface area contributed by atoms with Crippen LogP contribution in [0.2, 0.25) is 0 Å². The van der Waals surface area contributed by atoms with Crippen molar-refractivity contribution in [2.24, 2.45) is 0 Å². The third-order valence-corrected chi connectivity index (χ3v) is 16.8. The van der Waals surface area contributed by atoms with Crippen LogP contribution in [0.4, 0.5) is 0 Å². The number of hydrogen-bond acceptors (Lipinski definition) is 14. The van der Waals surface area contributed by atoms with E-state index in [1.165, 1.54) is 5.06 Å². The zero-order chi connectivity index (χ0) is 68.1. The zero-order valence-electron chi connectivity index (χ0n) is 54.4. The SMILES string of the molecule is C1=C2N(Oc3ccccc3)C(Oc3ccccc3)(Oc3ccccc3)C(Oc3ccccc3)(Oc3ccccc3)C(Oc3ccccc3)(Oc3ccccc3)C2(Oc2ccccc2)C(Oc2ccccc2)(Oc2ccccc2)C(Oc2ccccc2)(Oc2ccccc2)C1Oc1ccccc1. The molecule has 14 nitrogen and oxygen atoms in total. The Morgan fingerprint density at radius 1 is 0.198 bits per heavy atom. The van der Waals surface area contributed by atoms with Crippen LogP contribution in [0.1, 0.15) is 0 Å². The monoisotopic (exact) mass is 1330 g/mol. The second kappa shape index (κ2) is 28.5. The van der Waals surface area contributed by atoms with E-state index in [-0.39, 0.29) is 74.7 Å². The summed E-state index contributed by atoms with van der Waals surface area (Å²) in [6.45, 7) is 0. The predicted octanol–water partition coefficient (Wildman–Crippen LogP) is 18.7. The molecule has 101 heavy (non-hydrogen) atoms. The number of benzene rings is 13. The summed E-state index contributed by atoms with van der Waals surface area (Å²) >= 11 is 0. The van der Waals surface area contributed by atoms with Crippen molar-refractivity contribution in [2.75, 3.05) is 0 Å². The summed E-state index contributed by atoms with van der Waals surface area (Å²) in [4.78, 5) is 7.99. The van der Waals surface area contributed by atoms with E-state index in [9.17, 15) is 0 Å². The molecule has 0 bridgehead atoms. The van der Waals surface area contributed by atoms with Crippen LogP contribution in [0.5, 0.6) is 74.7 Å². The summed E-state index contributed by atoms with van der Waals surface area (Å²) in [5.41, 5.74) is -3.23. The topological polar surface area (TPSA) is 123 Å². The molecular formula is C87H67NO13. The molecule has 1 saturated heterocycles. The van der Waals surface area contributed by atoms with Gasteiger partial charge in [0.25, 0.3) is 0 Å². The Morgan fingerprint density at radius 2 is 0.416 bits per heavy atom. The Morgan fingerprint density at radius 3 is 0.703 bits per heavy atom. The Kier molecular flexibility index (Phi) is 18.0. The third kappa shape index (κ3) is 12.4. The van der Waals surface area contributed by atoms with Gasteiger partial charge in [-0.2, -0.15) is 0 Å². The van der Waals surface area contributed by atoms with Crippen LogP contribution in [-0.2, 0) is 0 Å². The van der Waals surface area contributed by atoms with Crippen molar-refractivity contribution in [1.82, 2.24) is 5.06 Å².